The number of carbonyl (C=O) groups excluding carboxylic acids is 1. The number of phenols is 1. The van der Waals surface area contributed by atoms with Gasteiger partial charge in [0.2, 0.25) is 5.91 Å². The highest BCUT2D eigenvalue weighted by molar-refractivity contribution is 5.96. The van der Waals surface area contributed by atoms with E-state index in [0.717, 1.165) is 5.56 Å². The summed E-state index contributed by atoms with van der Waals surface area (Å²) in [7, 11) is 0. The number of likely N-dealkylation sites (N-methyl/N-ethyl adjacent to an activating group) is 1. The van der Waals surface area contributed by atoms with Crippen molar-refractivity contribution in [2.45, 2.75) is 39.0 Å². The number of aliphatic hydroxyl groups is 1. The molecule has 0 fully saturated rings. The van der Waals surface area contributed by atoms with Gasteiger partial charge >= 0.3 is 0 Å². The first kappa shape index (κ1) is 14.6. The lowest BCUT2D eigenvalue weighted by molar-refractivity contribution is -0.116. The molecule has 0 bridgehead atoms. The molecule has 0 radical (unpaired) electrons. The van der Waals surface area contributed by atoms with E-state index in [1.54, 1.807) is 13.0 Å². The molecule has 0 aromatic heterocycles. The van der Waals surface area contributed by atoms with Crippen molar-refractivity contribution in [3.8, 4) is 11.5 Å². The Kier molecular flexibility index (Phi) is 4.46. The van der Waals surface area contributed by atoms with Crippen LogP contribution in [0.3, 0.4) is 0 Å². The van der Waals surface area contributed by atoms with E-state index in [1.165, 1.54) is 6.07 Å². The fourth-order valence-electron chi connectivity index (χ4n) is 2.20. The van der Waals surface area contributed by atoms with Crippen LogP contribution in [-0.2, 0) is 11.2 Å². The van der Waals surface area contributed by atoms with Crippen molar-refractivity contribution >= 4 is 11.6 Å². The number of ether oxygens (including phenoxy) is 1. The lowest BCUT2D eigenvalue weighted by Crippen LogP contribution is -2.43. The SMILES string of the molecule is CCNC(Oc1ccc(O)c2c1CCC(=O)N2)C(C)O. The van der Waals surface area contributed by atoms with Gasteiger partial charge in [0, 0.05) is 12.0 Å². The van der Waals surface area contributed by atoms with Gasteiger partial charge in [-0.2, -0.15) is 0 Å². The van der Waals surface area contributed by atoms with Crippen LogP contribution in [0.1, 0.15) is 25.8 Å². The largest absolute Gasteiger partial charge is 0.506 e. The first-order valence-corrected chi connectivity index (χ1v) is 6.75. The molecule has 2 rings (SSSR count). The lowest BCUT2D eigenvalue weighted by Gasteiger charge is -2.26. The number of nitrogens with one attached hydrogen (secondary N) is 2. The van der Waals surface area contributed by atoms with Gasteiger partial charge in [-0.25, -0.2) is 0 Å². The zero-order valence-corrected chi connectivity index (χ0v) is 11.6. The maximum atomic E-state index is 11.4. The van der Waals surface area contributed by atoms with Crippen molar-refractivity contribution in [3.05, 3.63) is 17.7 Å². The molecule has 20 heavy (non-hydrogen) atoms. The van der Waals surface area contributed by atoms with Crippen LogP contribution in [0.15, 0.2) is 12.1 Å². The molecule has 2 unspecified atom stereocenters. The number of carbonyl (C=O) groups is 1. The Labute approximate surface area is 117 Å². The second kappa shape index (κ2) is 6.11. The Balaban J connectivity index is 2.28. The van der Waals surface area contributed by atoms with Gasteiger partial charge in [-0.15, -0.1) is 0 Å². The number of rotatable bonds is 5. The van der Waals surface area contributed by atoms with Crippen LogP contribution in [0.25, 0.3) is 0 Å². The van der Waals surface area contributed by atoms with Crippen molar-refractivity contribution in [3.63, 3.8) is 0 Å². The van der Waals surface area contributed by atoms with E-state index in [2.05, 4.69) is 10.6 Å². The minimum absolute atomic E-state index is 0.0254. The Morgan fingerprint density at radius 3 is 2.85 bits per heavy atom. The molecule has 1 amide bonds. The predicted molar refractivity (Wildman–Crippen MR) is 74.8 cm³/mol. The molecule has 4 N–H and O–H groups in total. The minimum Gasteiger partial charge on any atom is -0.506 e. The third-order valence-corrected chi connectivity index (χ3v) is 3.21. The van der Waals surface area contributed by atoms with Gasteiger partial charge < -0.3 is 20.3 Å². The van der Waals surface area contributed by atoms with Crippen LogP contribution >= 0.6 is 0 Å². The summed E-state index contributed by atoms with van der Waals surface area (Å²) in [6.45, 7) is 4.22. The molecular weight excluding hydrogens is 260 g/mol. The fourth-order valence-corrected chi connectivity index (χ4v) is 2.20. The molecule has 6 heteroatoms. The average Bonchev–Trinajstić information content (AvgIpc) is 2.41. The first-order chi connectivity index (χ1) is 9.52. The lowest BCUT2D eigenvalue weighted by atomic mass is 10.0. The van der Waals surface area contributed by atoms with Gasteiger partial charge in [-0.1, -0.05) is 6.92 Å². The molecule has 2 atom stereocenters. The van der Waals surface area contributed by atoms with E-state index < -0.39 is 12.3 Å². The molecule has 1 aliphatic heterocycles. The Morgan fingerprint density at radius 2 is 2.20 bits per heavy atom. The molecule has 0 saturated carbocycles. The summed E-state index contributed by atoms with van der Waals surface area (Å²) in [5.41, 5.74) is 1.16. The molecule has 0 spiro atoms. The Morgan fingerprint density at radius 1 is 1.45 bits per heavy atom. The van der Waals surface area contributed by atoms with Crippen LogP contribution < -0.4 is 15.4 Å². The maximum Gasteiger partial charge on any atom is 0.224 e. The second-order valence-corrected chi connectivity index (χ2v) is 4.82. The van der Waals surface area contributed by atoms with Crippen LogP contribution in [0.5, 0.6) is 11.5 Å². The van der Waals surface area contributed by atoms with E-state index in [1.807, 2.05) is 6.92 Å². The van der Waals surface area contributed by atoms with Gasteiger partial charge in [0.1, 0.15) is 17.6 Å². The first-order valence-electron chi connectivity index (χ1n) is 6.75. The standard InChI is InChI=1S/C14H20N2O4/c1-3-15-14(8(2)17)20-11-6-5-10(18)13-9(11)4-7-12(19)16-13/h5-6,8,14-15,17-18H,3-4,7H2,1-2H3,(H,16,19). The number of aliphatic hydroxyl groups excluding tert-OH is 1. The van der Waals surface area contributed by atoms with Crippen molar-refractivity contribution in [2.24, 2.45) is 0 Å². The monoisotopic (exact) mass is 280 g/mol. The minimum atomic E-state index is -0.683. The van der Waals surface area contributed by atoms with E-state index >= 15 is 0 Å². The molecular formula is C14H20N2O4. The molecule has 1 heterocycles. The summed E-state index contributed by atoms with van der Waals surface area (Å²) in [4.78, 5) is 11.4. The summed E-state index contributed by atoms with van der Waals surface area (Å²) < 4.78 is 5.78. The van der Waals surface area contributed by atoms with E-state index in [0.29, 0.717) is 30.8 Å². The van der Waals surface area contributed by atoms with E-state index in [9.17, 15) is 15.0 Å². The number of aromatic hydroxyl groups is 1. The quantitative estimate of drug-likeness (QED) is 0.476. The molecule has 0 saturated heterocycles. The third kappa shape index (κ3) is 3.02. The molecule has 110 valence electrons. The zero-order chi connectivity index (χ0) is 14.7. The van der Waals surface area contributed by atoms with Gasteiger partial charge in [0.15, 0.2) is 6.23 Å². The molecule has 6 nitrogen and oxygen atoms in total. The summed E-state index contributed by atoms with van der Waals surface area (Å²) in [6.07, 6.45) is -0.361. The topological polar surface area (TPSA) is 90.8 Å². The number of hydrogen-bond donors (Lipinski definition) is 4. The maximum absolute atomic E-state index is 11.4. The number of phenolic OH excluding ortho intramolecular Hbond substituents is 1. The van der Waals surface area contributed by atoms with Gasteiger partial charge in [0.25, 0.3) is 0 Å². The average molecular weight is 280 g/mol. The highest BCUT2D eigenvalue weighted by Gasteiger charge is 2.24. The van der Waals surface area contributed by atoms with Crippen LogP contribution in [-0.4, -0.2) is 35.0 Å². The van der Waals surface area contributed by atoms with Crippen molar-refractivity contribution in [1.29, 1.82) is 0 Å². The number of amides is 1. The normalized spacial score (nSPS) is 17.1. The van der Waals surface area contributed by atoms with E-state index in [4.69, 9.17) is 4.74 Å². The van der Waals surface area contributed by atoms with Crippen molar-refractivity contribution in [1.82, 2.24) is 5.32 Å². The summed E-state index contributed by atoms with van der Waals surface area (Å²) >= 11 is 0. The van der Waals surface area contributed by atoms with Gasteiger partial charge in [-0.05, 0) is 32.0 Å². The Hall–Kier alpha value is -1.79. The summed E-state index contributed by atoms with van der Waals surface area (Å²) in [5.74, 6) is 0.464. The molecule has 1 aromatic rings. The Bertz CT molecular complexity index is 502. The van der Waals surface area contributed by atoms with E-state index in [-0.39, 0.29) is 11.7 Å². The third-order valence-electron chi connectivity index (χ3n) is 3.21. The number of hydrogen-bond acceptors (Lipinski definition) is 5. The van der Waals surface area contributed by atoms with Crippen molar-refractivity contribution in [2.75, 3.05) is 11.9 Å². The number of fused-ring (bicyclic) bond motifs is 1. The highest BCUT2D eigenvalue weighted by atomic mass is 16.5. The second-order valence-electron chi connectivity index (χ2n) is 4.82. The van der Waals surface area contributed by atoms with Crippen LogP contribution in [0, 0.1) is 0 Å². The highest BCUT2D eigenvalue weighted by Crippen LogP contribution is 2.38. The predicted octanol–water partition coefficient (Wildman–Crippen LogP) is 0.972. The fraction of sp³-hybridized carbons (Fsp3) is 0.500. The molecule has 1 aromatic carbocycles. The van der Waals surface area contributed by atoms with Crippen molar-refractivity contribution < 1.29 is 19.7 Å². The summed E-state index contributed by atoms with van der Waals surface area (Å²) in [6, 6.07) is 3.13. The number of benzene rings is 1. The molecule has 1 aliphatic rings. The molecule has 0 aliphatic carbocycles. The zero-order valence-electron chi connectivity index (χ0n) is 11.6. The van der Waals surface area contributed by atoms with Gasteiger partial charge in [0.05, 0.1) is 5.69 Å². The summed E-state index contributed by atoms with van der Waals surface area (Å²) in [5, 5.41) is 25.2. The van der Waals surface area contributed by atoms with Gasteiger partial charge in [-0.3, -0.25) is 10.1 Å². The number of anilines is 1. The smallest absolute Gasteiger partial charge is 0.224 e. The van der Waals surface area contributed by atoms with Crippen LogP contribution in [0.4, 0.5) is 5.69 Å². The van der Waals surface area contributed by atoms with Crippen LogP contribution in [0.2, 0.25) is 0 Å².